The van der Waals surface area contributed by atoms with Crippen LogP contribution in [-0.2, 0) is 16.0 Å². The van der Waals surface area contributed by atoms with Gasteiger partial charge in [-0.25, -0.2) is 0 Å². The van der Waals surface area contributed by atoms with E-state index < -0.39 is 11.9 Å². The largest absolute Gasteiger partial charge is 0.483 e. The Morgan fingerprint density at radius 1 is 1.38 bits per heavy atom. The molecular formula is C14H14N2O5. The predicted octanol–water partition coefficient (Wildman–Crippen LogP) is 1.63. The van der Waals surface area contributed by atoms with Gasteiger partial charge in [0.2, 0.25) is 5.88 Å². The summed E-state index contributed by atoms with van der Waals surface area (Å²) >= 11 is 0. The smallest absolute Gasteiger partial charge is 0.307 e. The zero-order valence-electron chi connectivity index (χ0n) is 11.3. The van der Waals surface area contributed by atoms with Gasteiger partial charge in [0, 0.05) is 11.6 Å². The first-order valence-electron chi connectivity index (χ1n) is 6.20. The van der Waals surface area contributed by atoms with Crippen LogP contribution in [0, 0.1) is 6.92 Å². The molecule has 0 saturated carbocycles. The molecule has 1 aromatic carbocycles. The lowest BCUT2D eigenvalue weighted by molar-refractivity contribution is -0.136. The van der Waals surface area contributed by atoms with Gasteiger partial charge in [0.15, 0.2) is 6.61 Å². The Labute approximate surface area is 120 Å². The molecule has 0 saturated heterocycles. The molecule has 0 spiro atoms. The van der Waals surface area contributed by atoms with Crippen molar-refractivity contribution in [3.63, 3.8) is 0 Å². The average molecular weight is 290 g/mol. The lowest BCUT2D eigenvalue weighted by atomic mass is 10.1. The molecule has 2 aromatic rings. The van der Waals surface area contributed by atoms with Crippen LogP contribution in [0.25, 0.3) is 0 Å². The second-order valence-electron chi connectivity index (χ2n) is 4.35. The first-order valence-corrected chi connectivity index (χ1v) is 6.20. The van der Waals surface area contributed by atoms with E-state index >= 15 is 0 Å². The summed E-state index contributed by atoms with van der Waals surface area (Å²) in [6.45, 7) is 1.48. The van der Waals surface area contributed by atoms with Gasteiger partial charge in [-0.1, -0.05) is 23.4 Å². The average Bonchev–Trinajstić information content (AvgIpc) is 2.82. The van der Waals surface area contributed by atoms with Crippen molar-refractivity contribution in [2.75, 3.05) is 11.9 Å². The number of carbonyl (C=O) groups is 2. The molecule has 1 amide bonds. The predicted molar refractivity (Wildman–Crippen MR) is 73.1 cm³/mol. The number of benzene rings is 1. The molecule has 7 nitrogen and oxygen atoms in total. The number of anilines is 1. The number of nitrogens with zero attached hydrogens (tertiary/aromatic N) is 1. The summed E-state index contributed by atoms with van der Waals surface area (Å²) in [7, 11) is 0. The Morgan fingerprint density at radius 3 is 2.81 bits per heavy atom. The molecule has 0 aliphatic heterocycles. The van der Waals surface area contributed by atoms with Gasteiger partial charge in [0.1, 0.15) is 5.75 Å². The number of amides is 1. The number of aryl methyl sites for hydroxylation is 1. The van der Waals surface area contributed by atoms with Gasteiger partial charge < -0.3 is 14.4 Å². The fourth-order valence-corrected chi connectivity index (χ4v) is 1.69. The maximum absolute atomic E-state index is 11.7. The molecule has 0 bridgehead atoms. The summed E-state index contributed by atoms with van der Waals surface area (Å²) in [4.78, 5) is 22.4. The molecule has 0 aliphatic rings. The summed E-state index contributed by atoms with van der Waals surface area (Å²) < 4.78 is 10.2. The Morgan fingerprint density at radius 2 is 2.14 bits per heavy atom. The Kier molecular flexibility index (Phi) is 4.55. The molecular weight excluding hydrogens is 276 g/mol. The molecule has 0 aliphatic carbocycles. The molecule has 0 radical (unpaired) electrons. The molecule has 2 rings (SSSR count). The summed E-state index contributed by atoms with van der Waals surface area (Å²) in [6, 6.07) is 8.25. The highest BCUT2D eigenvalue weighted by molar-refractivity contribution is 5.90. The minimum atomic E-state index is -0.965. The lowest BCUT2D eigenvalue weighted by Gasteiger charge is -2.09. The van der Waals surface area contributed by atoms with Crippen LogP contribution in [0.3, 0.4) is 0 Å². The van der Waals surface area contributed by atoms with Crippen molar-refractivity contribution < 1.29 is 24.0 Å². The number of para-hydroxylation sites is 1. The summed E-state index contributed by atoms with van der Waals surface area (Å²) in [5, 5.41) is 14.9. The molecule has 0 atom stereocenters. The third-order valence-electron chi connectivity index (χ3n) is 2.56. The summed E-state index contributed by atoms with van der Waals surface area (Å²) in [6.07, 6.45) is -0.168. The van der Waals surface area contributed by atoms with Gasteiger partial charge in [-0.15, -0.1) is 0 Å². The molecule has 0 unspecified atom stereocenters. The molecule has 1 heterocycles. The fourth-order valence-electron chi connectivity index (χ4n) is 1.69. The number of ether oxygens (including phenoxy) is 1. The van der Waals surface area contributed by atoms with Crippen molar-refractivity contribution in [3.8, 4) is 5.75 Å². The van der Waals surface area contributed by atoms with Gasteiger partial charge in [-0.05, 0) is 13.0 Å². The third kappa shape index (κ3) is 4.34. The van der Waals surface area contributed by atoms with E-state index in [4.69, 9.17) is 14.4 Å². The van der Waals surface area contributed by atoms with E-state index in [0.717, 1.165) is 0 Å². The van der Waals surface area contributed by atoms with E-state index in [1.807, 2.05) is 0 Å². The second-order valence-corrected chi connectivity index (χ2v) is 4.35. The van der Waals surface area contributed by atoms with Crippen LogP contribution in [0.15, 0.2) is 34.9 Å². The van der Waals surface area contributed by atoms with E-state index in [-0.39, 0.29) is 18.9 Å². The summed E-state index contributed by atoms with van der Waals surface area (Å²) in [5.41, 5.74) is 1.16. The first kappa shape index (κ1) is 14.6. The molecule has 21 heavy (non-hydrogen) atoms. The molecule has 110 valence electrons. The Balaban J connectivity index is 1.93. The normalized spacial score (nSPS) is 10.1. The number of aromatic nitrogens is 1. The summed E-state index contributed by atoms with van der Waals surface area (Å²) in [5.74, 6) is -0.785. The quantitative estimate of drug-likeness (QED) is 0.838. The van der Waals surface area contributed by atoms with Crippen LogP contribution in [-0.4, -0.2) is 28.7 Å². The number of hydrogen-bond acceptors (Lipinski definition) is 5. The first-order chi connectivity index (χ1) is 10.0. The highest BCUT2D eigenvalue weighted by atomic mass is 16.5. The molecule has 0 fully saturated rings. The molecule has 2 N–H and O–H groups in total. The van der Waals surface area contributed by atoms with Crippen molar-refractivity contribution >= 4 is 17.8 Å². The zero-order chi connectivity index (χ0) is 15.2. The highest BCUT2D eigenvalue weighted by Gasteiger charge is 2.11. The van der Waals surface area contributed by atoms with E-state index in [9.17, 15) is 9.59 Å². The van der Waals surface area contributed by atoms with Crippen LogP contribution in [0.1, 0.15) is 11.3 Å². The lowest BCUT2D eigenvalue weighted by Crippen LogP contribution is -2.20. The van der Waals surface area contributed by atoms with Crippen LogP contribution in [0.5, 0.6) is 5.75 Å². The SMILES string of the molecule is Cc1cc(NC(=O)COc2ccccc2CC(=O)O)on1. The second kappa shape index (κ2) is 6.56. The maximum Gasteiger partial charge on any atom is 0.307 e. The number of rotatable bonds is 6. The van der Waals surface area contributed by atoms with Crippen LogP contribution in [0.4, 0.5) is 5.88 Å². The van der Waals surface area contributed by atoms with Gasteiger partial charge in [-0.3, -0.25) is 14.9 Å². The number of nitrogens with one attached hydrogen (secondary N) is 1. The van der Waals surface area contributed by atoms with Gasteiger partial charge in [0.05, 0.1) is 12.1 Å². The minimum absolute atomic E-state index is 0.168. The molecule has 1 aromatic heterocycles. The van der Waals surface area contributed by atoms with Gasteiger partial charge in [0.25, 0.3) is 5.91 Å². The van der Waals surface area contributed by atoms with Crippen molar-refractivity contribution in [1.29, 1.82) is 0 Å². The monoisotopic (exact) mass is 290 g/mol. The van der Waals surface area contributed by atoms with E-state index in [1.54, 1.807) is 37.3 Å². The van der Waals surface area contributed by atoms with E-state index in [2.05, 4.69) is 10.5 Å². The Bertz CT molecular complexity index is 650. The fraction of sp³-hybridized carbons (Fsp3) is 0.214. The topological polar surface area (TPSA) is 102 Å². The van der Waals surface area contributed by atoms with Crippen molar-refractivity contribution in [3.05, 3.63) is 41.6 Å². The van der Waals surface area contributed by atoms with Crippen LogP contribution >= 0.6 is 0 Å². The van der Waals surface area contributed by atoms with Crippen LogP contribution in [0.2, 0.25) is 0 Å². The number of hydrogen-bond donors (Lipinski definition) is 2. The van der Waals surface area contributed by atoms with Gasteiger partial charge >= 0.3 is 5.97 Å². The van der Waals surface area contributed by atoms with Gasteiger partial charge in [-0.2, -0.15) is 0 Å². The number of carbonyl (C=O) groups excluding carboxylic acids is 1. The molecule has 7 heteroatoms. The van der Waals surface area contributed by atoms with E-state index in [1.165, 1.54) is 0 Å². The van der Waals surface area contributed by atoms with Crippen molar-refractivity contribution in [2.45, 2.75) is 13.3 Å². The van der Waals surface area contributed by atoms with Crippen LogP contribution < -0.4 is 10.1 Å². The van der Waals surface area contributed by atoms with E-state index in [0.29, 0.717) is 17.0 Å². The third-order valence-corrected chi connectivity index (χ3v) is 2.56. The zero-order valence-corrected chi connectivity index (χ0v) is 11.3. The standard InChI is InChI=1S/C14H14N2O5/c1-9-6-13(21-16-9)15-12(17)8-20-11-5-3-2-4-10(11)7-14(18)19/h2-6H,7-8H2,1H3,(H,15,17)(H,18,19). The number of aliphatic carboxylic acids is 1. The number of carboxylic acid groups (broad SMARTS) is 1. The Hall–Kier alpha value is -2.83. The maximum atomic E-state index is 11.7. The number of carboxylic acids is 1. The van der Waals surface area contributed by atoms with Crippen molar-refractivity contribution in [2.24, 2.45) is 0 Å². The minimum Gasteiger partial charge on any atom is -0.483 e. The highest BCUT2D eigenvalue weighted by Crippen LogP contribution is 2.18. The van der Waals surface area contributed by atoms with Crippen molar-refractivity contribution in [1.82, 2.24) is 5.16 Å².